The van der Waals surface area contributed by atoms with Gasteiger partial charge in [-0.05, 0) is 27.6 Å². The van der Waals surface area contributed by atoms with E-state index in [2.05, 4.69) is 26.2 Å². The summed E-state index contributed by atoms with van der Waals surface area (Å²) < 4.78 is 0.836. The van der Waals surface area contributed by atoms with Crippen molar-refractivity contribution in [2.75, 3.05) is 13.1 Å². The van der Waals surface area contributed by atoms with E-state index in [1.807, 2.05) is 12.1 Å². The van der Waals surface area contributed by atoms with Gasteiger partial charge >= 0.3 is 0 Å². The molecule has 0 saturated carbocycles. The normalized spacial score (nSPS) is 27.8. The number of halogens is 1. The second-order valence-electron chi connectivity index (χ2n) is 3.22. The molecule has 1 aliphatic heterocycles. The van der Waals surface area contributed by atoms with Crippen LogP contribution in [-0.2, 0) is 0 Å². The quantitative estimate of drug-likeness (QED) is 0.720. The van der Waals surface area contributed by atoms with E-state index < -0.39 is 0 Å². The molecule has 70 valence electrons. The predicted molar refractivity (Wildman–Crippen MR) is 53.6 cm³/mol. The van der Waals surface area contributed by atoms with E-state index in [0.29, 0.717) is 6.54 Å². The summed E-state index contributed by atoms with van der Waals surface area (Å²) in [5.41, 5.74) is 1.08. The number of nitrogens with one attached hydrogen (secondary N) is 1. The van der Waals surface area contributed by atoms with Crippen molar-refractivity contribution in [3.8, 4) is 0 Å². The molecule has 3 nitrogen and oxygen atoms in total. The highest BCUT2D eigenvalue weighted by Gasteiger charge is 2.27. The molecule has 0 spiro atoms. The van der Waals surface area contributed by atoms with Crippen LogP contribution < -0.4 is 5.32 Å². The smallest absolute Gasteiger partial charge is 0.109 e. The lowest BCUT2D eigenvalue weighted by molar-refractivity contribution is 0.177. The van der Waals surface area contributed by atoms with Gasteiger partial charge in [0.2, 0.25) is 0 Å². The van der Waals surface area contributed by atoms with Crippen molar-refractivity contribution in [2.45, 2.75) is 12.0 Å². The van der Waals surface area contributed by atoms with Gasteiger partial charge in [0.05, 0.1) is 6.10 Å². The first-order valence-corrected chi connectivity index (χ1v) is 5.07. The average molecular weight is 243 g/mol. The van der Waals surface area contributed by atoms with E-state index in [1.165, 1.54) is 0 Å². The van der Waals surface area contributed by atoms with Crippen LogP contribution in [0.25, 0.3) is 0 Å². The summed E-state index contributed by atoms with van der Waals surface area (Å²) in [6, 6.07) is 3.89. The van der Waals surface area contributed by atoms with E-state index >= 15 is 0 Å². The Morgan fingerprint density at radius 3 is 3.00 bits per heavy atom. The van der Waals surface area contributed by atoms with E-state index in [-0.39, 0.29) is 12.0 Å². The molecule has 2 atom stereocenters. The number of pyridine rings is 1. The molecule has 2 rings (SSSR count). The first-order chi connectivity index (χ1) is 6.29. The molecule has 0 amide bonds. The molecule has 1 saturated heterocycles. The van der Waals surface area contributed by atoms with Crippen LogP contribution in [0.1, 0.15) is 11.5 Å². The zero-order chi connectivity index (χ0) is 9.26. The molecule has 0 bridgehead atoms. The molecule has 1 aromatic heterocycles. The summed E-state index contributed by atoms with van der Waals surface area (Å²) in [6.07, 6.45) is 1.45. The Morgan fingerprint density at radius 1 is 1.54 bits per heavy atom. The number of aliphatic hydroxyl groups excluding tert-OH is 1. The first-order valence-electron chi connectivity index (χ1n) is 4.28. The fourth-order valence-electron chi connectivity index (χ4n) is 1.66. The van der Waals surface area contributed by atoms with Crippen LogP contribution in [0.15, 0.2) is 22.9 Å². The minimum absolute atomic E-state index is 0.170. The molecule has 1 aliphatic rings. The van der Waals surface area contributed by atoms with Crippen LogP contribution in [0.4, 0.5) is 0 Å². The molecule has 1 fully saturated rings. The number of aromatic nitrogens is 1. The summed E-state index contributed by atoms with van der Waals surface area (Å²) in [5, 5.41) is 12.8. The van der Waals surface area contributed by atoms with Gasteiger partial charge in [0.1, 0.15) is 4.60 Å². The first kappa shape index (κ1) is 9.12. The molecule has 2 unspecified atom stereocenters. The fourth-order valence-corrected chi connectivity index (χ4v) is 2.20. The molecular weight excluding hydrogens is 232 g/mol. The lowest BCUT2D eigenvalue weighted by Crippen LogP contribution is -2.16. The number of nitrogens with zero attached hydrogens (tertiary/aromatic N) is 1. The lowest BCUT2D eigenvalue weighted by Gasteiger charge is -2.14. The maximum atomic E-state index is 9.66. The SMILES string of the molecule is OC1CNCC1c1cccnc1Br. The van der Waals surface area contributed by atoms with Gasteiger partial charge in [-0.2, -0.15) is 0 Å². The molecule has 0 aromatic carbocycles. The van der Waals surface area contributed by atoms with Crippen molar-refractivity contribution in [2.24, 2.45) is 0 Å². The Kier molecular flexibility index (Phi) is 2.62. The van der Waals surface area contributed by atoms with Crippen LogP contribution in [0, 0.1) is 0 Å². The third-order valence-electron chi connectivity index (χ3n) is 2.37. The van der Waals surface area contributed by atoms with Crippen LogP contribution in [0.5, 0.6) is 0 Å². The Balaban J connectivity index is 2.29. The van der Waals surface area contributed by atoms with E-state index in [0.717, 1.165) is 16.7 Å². The maximum absolute atomic E-state index is 9.66. The Bertz CT molecular complexity index is 305. The van der Waals surface area contributed by atoms with Crippen molar-refractivity contribution in [1.29, 1.82) is 0 Å². The summed E-state index contributed by atoms with van der Waals surface area (Å²) in [5.74, 6) is 0.170. The Hall–Kier alpha value is -0.450. The second kappa shape index (κ2) is 3.74. The number of hydrogen-bond acceptors (Lipinski definition) is 3. The maximum Gasteiger partial charge on any atom is 0.109 e. The van der Waals surface area contributed by atoms with E-state index in [9.17, 15) is 5.11 Å². The van der Waals surface area contributed by atoms with E-state index in [4.69, 9.17) is 0 Å². The van der Waals surface area contributed by atoms with Crippen molar-refractivity contribution < 1.29 is 5.11 Å². The van der Waals surface area contributed by atoms with Crippen LogP contribution >= 0.6 is 15.9 Å². The molecule has 2 N–H and O–H groups in total. The standard InChI is InChI=1S/C9H11BrN2O/c10-9-6(2-1-3-12-9)7-4-11-5-8(7)13/h1-3,7-8,11,13H,4-5H2. The van der Waals surface area contributed by atoms with Crippen LogP contribution in [-0.4, -0.2) is 29.3 Å². The molecule has 4 heteroatoms. The van der Waals surface area contributed by atoms with Gasteiger partial charge in [-0.1, -0.05) is 6.07 Å². The molecular formula is C9H11BrN2O. The van der Waals surface area contributed by atoms with Crippen LogP contribution in [0.3, 0.4) is 0 Å². The third-order valence-corrected chi connectivity index (χ3v) is 3.03. The summed E-state index contributed by atoms with van der Waals surface area (Å²) in [7, 11) is 0. The topological polar surface area (TPSA) is 45.1 Å². The Morgan fingerprint density at radius 2 is 2.38 bits per heavy atom. The summed E-state index contributed by atoms with van der Waals surface area (Å²) in [4.78, 5) is 4.14. The molecule has 13 heavy (non-hydrogen) atoms. The fraction of sp³-hybridized carbons (Fsp3) is 0.444. The minimum atomic E-state index is -0.291. The van der Waals surface area contributed by atoms with Gasteiger partial charge in [0.15, 0.2) is 0 Å². The molecule has 2 heterocycles. The van der Waals surface area contributed by atoms with E-state index in [1.54, 1.807) is 6.20 Å². The zero-order valence-electron chi connectivity index (χ0n) is 7.07. The number of β-amino-alcohol motifs (C(OH)–C–C–N with tert-alkyl or cyclic N) is 1. The highest BCUT2D eigenvalue weighted by molar-refractivity contribution is 9.10. The third kappa shape index (κ3) is 1.75. The number of rotatable bonds is 1. The van der Waals surface area contributed by atoms with Gasteiger partial charge in [-0.15, -0.1) is 0 Å². The minimum Gasteiger partial charge on any atom is -0.391 e. The Labute approximate surface area is 85.3 Å². The average Bonchev–Trinajstić information content (AvgIpc) is 2.52. The molecule has 1 aromatic rings. The second-order valence-corrected chi connectivity index (χ2v) is 3.97. The monoisotopic (exact) mass is 242 g/mol. The lowest BCUT2D eigenvalue weighted by atomic mass is 9.98. The number of aliphatic hydroxyl groups is 1. The molecule has 0 aliphatic carbocycles. The van der Waals surface area contributed by atoms with Crippen molar-refractivity contribution in [1.82, 2.24) is 10.3 Å². The van der Waals surface area contributed by atoms with Gasteiger partial charge in [0.25, 0.3) is 0 Å². The molecule has 0 radical (unpaired) electrons. The highest BCUT2D eigenvalue weighted by atomic mass is 79.9. The largest absolute Gasteiger partial charge is 0.391 e. The van der Waals surface area contributed by atoms with Crippen molar-refractivity contribution >= 4 is 15.9 Å². The van der Waals surface area contributed by atoms with Gasteiger partial charge in [0, 0.05) is 25.2 Å². The summed E-state index contributed by atoms with van der Waals surface area (Å²) in [6.45, 7) is 1.50. The highest BCUT2D eigenvalue weighted by Crippen LogP contribution is 2.27. The predicted octanol–water partition coefficient (Wildman–Crippen LogP) is 0.892. The van der Waals surface area contributed by atoms with Crippen LogP contribution in [0.2, 0.25) is 0 Å². The van der Waals surface area contributed by atoms with Gasteiger partial charge in [-0.3, -0.25) is 0 Å². The summed E-state index contributed by atoms with van der Waals surface area (Å²) >= 11 is 3.38. The van der Waals surface area contributed by atoms with Crippen molar-refractivity contribution in [3.63, 3.8) is 0 Å². The van der Waals surface area contributed by atoms with Gasteiger partial charge in [-0.25, -0.2) is 4.98 Å². The van der Waals surface area contributed by atoms with Gasteiger partial charge < -0.3 is 10.4 Å². The number of hydrogen-bond donors (Lipinski definition) is 2. The van der Waals surface area contributed by atoms with Crippen molar-refractivity contribution in [3.05, 3.63) is 28.5 Å². The zero-order valence-corrected chi connectivity index (χ0v) is 8.66.